The predicted molar refractivity (Wildman–Crippen MR) is 78.6 cm³/mol. The van der Waals surface area contributed by atoms with Gasteiger partial charge in [-0.25, -0.2) is 4.90 Å². The summed E-state index contributed by atoms with van der Waals surface area (Å²) in [6.07, 6.45) is 0. The van der Waals surface area contributed by atoms with E-state index in [1.54, 1.807) is 29.9 Å². The monoisotopic (exact) mass is 301 g/mol. The Morgan fingerprint density at radius 3 is 2.36 bits per heavy atom. The van der Waals surface area contributed by atoms with Crippen LogP contribution in [0.5, 0.6) is 11.5 Å². The van der Waals surface area contributed by atoms with Gasteiger partial charge in [-0.2, -0.15) is 5.10 Å². The average molecular weight is 301 g/mol. The first kappa shape index (κ1) is 14.1. The number of rotatable bonds is 3. The molecule has 7 heteroatoms. The molecule has 0 unspecified atom stereocenters. The molecule has 0 atom stereocenters. The van der Waals surface area contributed by atoms with Gasteiger partial charge in [0, 0.05) is 18.8 Å². The van der Waals surface area contributed by atoms with Crippen molar-refractivity contribution in [2.75, 3.05) is 19.1 Å². The summed E-state index contributed by atoms with van der Waals surface area (Å²) in [7, 11) is 4.66. The highest BCUT2D eigenvalue weighted by molar-refractivity contribution is 6.35. The topological polar surface area (TPSA) is 73.7 Å². The molecule has 2 aromatic rings. The largest absolute Gasteiger partial charge is 0.493 e. The lowest BCUT2D eigenvalue weighted by Crippen LogP contribution is -2.29. The van der Waals surface area contributed by atoms with Crippen molar-refractivity contribution in [3.8, 4) is 11.5 Å². The maximum atomic E-state index is 12.7. The third-order valence-corrected chi connectivity index (χ3v) is 3.73. The minimum absolute atomic E-state index is 0.204. The number of imide groups is 1. The molecule has 0 radical (unpaired) electrons. The predicted octanol–water partition coefficient (Wildman–Crippen LogP) is 1.55. The van der Waals surface area contributed by atoms with Crippen molar-refractivity contribution < 1.29 is 19.1 Å². The van der Waals surface area contributed by atoms with Gasteiger partial charge in [0.1, 0.15) is 0 Å². The molecule has 0 aliphatic carbocycles. The molecule has 2 heterocycles. The Hall–Kier alpha value is -2.83. The molecule has 1 aromatic carbocycles. The number of carbonyl (C=O) groups excluding carboxylic acids is 2. The highest BCUT2D eigenvalue weighted by atomic mass is 16.5. The van der Waals surface area contributed by atoms with Crippen LogP contribution in [0.1, 0.15) is 26.4 Å². The molecule has 1 aliphatic rings. The van der Waals surface area contributed by atoms with Crippen LogP contribution in [-0.4, -0.2) is 35.8 Å². The maximum Gasteiger partial charge on any atom is 0.271 e. The third kappa shape index (κ3) is 1.78. The second kappa shape index (κ2) is 4.87. The lowest BCUT2D eigenvalue weighted by atomic mass is 10.1. The molecule has 2 amide bonds. The molecule has 22 heavy (non-hydrogen) atoms. The van der Waals surface area contributed by atoms with Crippen molar-refractivity contribution in [1.29, 1.82) is 0 Å². The Balaban J connectivity index is 2.16. The van der Waals surface area contributed by atoms with Crippen LogP contribution in [0.25, 0.3) is 0 Å². The van der Waals surface area contributed by atoms with Gasteiger partial charge >= 0.3 is 0 Å². The molecule has 1 aliphatic heterocycles. The van der Waals surface area contributed by atoms with Gasteiger partial charge in [-0.05, 0) is 19.1 Å². The number of nitrogens with zero attached hydrogens (tertiary/aromatic N) is 3. The van der Waals surface area contributed by atoms with Crippen LogP contribution in [-0.2, 0) is 7.05 Å². The number of fused-ring (bicyclic) bond motifs is 1. The standard InChI is InChI=1S/C15H15N3O4/c1-8-7-11(16-17(8)2)18-14(19)9-5-6-10(21-3)13(22-4)12(9)15(18)20/h5-7H,1-4H3. The fraction of sp³-hybridized carbons (Fsp3) is 0.267. The van der Waals surface area contributed by atoms with Gasteiger partial charge in [0.25, 0.3) is 11.8 Å². The quantitative estimate of drug-likeness (QED) is 0.804. The van der Waals surface area contributed by atoms with E-state index in [0.29, 0.717) is 11.6 Å². The van der Waals surface area contributed by atoms with Crippen molar-refractivity contribution in [2.45, 2.75) is 6.92 Å². The Morgan fingerprint density at radius 1 is 1.09 bits per heavy atom. The minimum Gasteiger partial charge on any atom is -0.493 e. The van der Waals surface area contributed by atoms with Crippen LogP contribution in [0.4, 0.5) is 5.82 Å². The summed E-state index contributed by atoms with van der Waals surface area (Å²) in [5, 5.41) is 4.20. The van der Waals surface area contributed by atoms with E-state index in [-0.39, 0.29) is 16.9 Å². The van der Waals surface area contributed by atoms with E-state index >= 15 is 0 Å². The van der Waals surface area contributed by atoms with E-state index in [1.807, 2.05) is 6.92 Å². The van der Waals surface area contributed by atoms with Gasteiger partial charge < -0.3 is 9.47 Å². The second-order valence-corrected chi connectivity index (χ2v) is 4.94. The fourth-order valence-electron chi connectivity index (χ4n) is 2.50. The first-order valence-corrected chi connectivity index (χ1v) is 6.64. The number of methoxy groups -OCH3 is 2. The molecule has 0 saturated heterocycles. The highest BCUT2D eigenvalue weighted by Gasteiger charge is 2.41. The summed E-state index contributed by atoms with van der Waals surface area (Å²) < 4.78 is 12.1. The van der Waals surface area contributed by atoms with Crippen molar-refractivity contribution in [1.82, 2.24) is 9.78 Å². The summed E-state index contributed by atoms with van der Waals surface area (Å²) in [6, 6.07) is 4.86. The Morgan fingerprint density at radius 2 is 1.82 bits per heavy atom. The molecule has 0 saturated carbocycles. The Bertz CT molecular complexity index is 775. The molecule has 0 spiro atoms. The number of hydrogen-bond donors (Lipinski definition) is 0. The van der Waals surface area contributed by atoms with Crippen LogP contribution in [0.2, 0.25) is 0 Å². The first-order valence-electron chi connectivity index (χ1n) is 6.64. The summed E-state index contributed by atoms with van der Waals surface area (Å²) in [6.45, 7) is 1.85. The van der Waals surface area contributed by atoms with Gasteiger partial charge in [-0.1, -0.05) is 0 Å². The van der Waals surface area contributed by atoms with E-state index in [0.717, 1.165) is 10.6 Å². The lowest BCUT2D eigenvalue weighted by molar-refractivity contribution is 0.0924. The number of ether oxygens (including phenoxy) is 2. The summed E-state index contributed by atoms with van der Waals surface area (Å²) in [5.41, 5.74) is 1.33. The number of aryl methyl sites for hydroxylation is 2. The zero-order chi connectivity index (χ0) is 16.0. The molecule has 0 fully saturated rings. The molecule has 114 valence electrons. The normalized spacial score (nSPS) is 13.5. The molecule has 0 bridgehead atoms. The average Bonchev–Trinajstić information content (AvgIpc) is 2.96. The smallest absolute Gasteiger partial charge is 0.271 e. The number of benzene rings is 1. The Kier molecular flexibility index (Phi) is 3.13. The maximum absolute atomic E-state index is 12.7. The molecule has 7 nitrogen and oxygen atoms in total. The van der Waals surface area contributed by atoms with Crippen molar-refractivity contribution in [3.05, 3.63) is 35.0 Å². The van der Waals surface area contributed by atoms with E-state index in [9.17, 15) is 9.59 Å². The highest BCUT2D eigenvalue weighted by Crippen LogP contribution is 2.39. The van der Waals surface area contributed by atoms with Gasteiger partial charge in [-0.3, -0.25) is 14.3 Å². The van der Waals surface area contributed by atoms with E-state index < -0.39 is 11.8 Å². The number of amides is 2. The van der Waals surface area contributed by atoms with Crippen LogP contribution in [0, 0.1) is 6.92 Å². The molecule has 3 rings (SSSR count). The summed E-state index contributed by atoms with van der Waals surface area (Å²) >= 11 is 0. The van der Waals surface area contributed by atoms with Gasteiger partial charge in [0.05, 0.1) is 25.3 Å². The molecule has 1 aromatic heterocycles. The van der Waals surface area contributed by atoms with E-state index in [4.69, 9.17) is 9.47 Å². The lowest BCUT2D eigenvalue weighted by Gasteiger charge is -2.11. The van der Waals surface area contributed by atoms with Gasteiger partial charge in [0.2, 0.25) is 0 Å². The summed E-state index contributed by atoms with van der Waals surface area (Å²) in [5.74, 6) is 0.0788. The minimum atomic E-state index is -0.464. The Labute approximate surface area is 127 Å². The number of carbonyl (C=O) groups is 2. The van der Waals surface area contributed by atoms with Crippen LogP contribution in [0.15, 0.2) is 18.2 Å². The zero-order valence-corrected chi connectivity index (χ0v) is 12.7. The van der Waals surface area contributed by atoms with Gasteiger partial charge in [0.15, 0.2) is 17.3 Å². The number of anilines is 1. The van der Waals surface area contributed by atoms with Crippen LogP contribution < -0.4 is 14.4 Å². The van der Waals surface area contributed by atoms with Crippen molar-refractivity contribution in [3.63, 3.8) is 0 Å². The van der Waals surface area contributed by atoms with Gasteiger partial charge in [-0.15, -0.1) is 0 Å². The summed E-state index contributed by atoms with van der Waals surface area (Å²) in [4.78, 5) is 26.3. The van der Waals surface area contributed by atoms with Crippen LogP contribution in [0.3, 0.4) is 0 Å². The number of hydrogen-bond acceptors (Lipinski definition) is 5. The zero-order valence-electron chi connectivity index (χ0n) is 12.7. The van der Waals surface area contributed by atoms with Crippen molar-refractivity contribution in [2.24, 2.45) is 7.05 Å². The van der Waals surface area contributed by atoms with E-state index in [1.165, 1.54) is 14.2 Å². The second-order valence-electron chi connectivity index (χ2n) is 4.94. The van der Waals surface area contributed by atoms with Crippen molar-refractivity contribution >= 4 is 17.6 Å². The molecular weight excluding hydrogens is 286 g/mol. The molecule has 0 N–H and O–H groups in total. The SMILES string of the molecule is COc1ccc2c(c1OC)C(=O)N(c1cc(C)n(C)n1)C2=O. The number of aromatic nitrogens is 2. The third-order valence-electron chi connectivity index (χ3n) is 3.73. The van der Waals surface area contributed by atoms with E-state index in [2.05, 4.69) is 5.10 Å². The molecular formula is C15H15N3O4. The van der Waals surface area contributed by atoms with Crippen LogP contribution >= 0.6 is 0 Å². The fourth-order valence-corrected chi connectivity index (χ4v) is 2.50. The first-order chi connectivity index (χ1) is 10.5.